The van der Waals surface area contributed by atoms with Crippen LogP contribution in [0.4, 0.5) is 0 Å². The van der Waals surface area contributed by atoms with Crippen molar-refractivity contribution in [1.29, 1.82) is 0 Å². The molecule has 2 aromatic rings. The minimum absolute atomic E-state index is 0.0354. The molecule has 1 saturated carbocycles. The van der Waals surface area contributed by atoms with Gasteiger partial charge in [0.2, 0.25) is 0 Å². The summed E-state index contributed by atoms with van der Waals surface area (Å²) in [6, 6.07) is 7.90. The number of aliphatic hydroxyl groups is 1. The maximum atomic E-state index is 13.2. The van der Waals surface area contributed by atoms with Crippen molar-refractivity contribution >= 4 is 23.0 Å². The highest BCUT2D eigenvalue weighted by atomic mass is 16.5. The van der Waals surface area contributed by atoms with Crippen LogP contribution in [-0.2, 0) is 27.8 Å². The molecule has 4 rings (SSSR count). The minimum atomic E-state index is -1.38. The Balaban J connectivity index is 1.67. The summed E-state index contributed by atoms with van der Waals surface area (Å²) < 4.78 is 7.98. The molecule has 1 N–H and O–H groups in total. The van der Waals surface area contributed by atoms with Crippen LogP contribution in [-0.4, -0.2) is 33.4 Å². The molecule has 2 unspecified atom stereocenters. The Morgan fingerprint density at radius 1 is 1.29 bits per heavy atom. The van der Waals surface area contributed by atoms with Crippen molar-refractivity contribution in [3.8, 4) is 0 Å². The third-order valence-electron chi connectivity index (χ3n) is 6.31. The number of carbonyl (C=O) groups is 2. The predicted octanol–water partition coefficient (Wildman–Crippen LogP) is 4.04. The molecule has 2 heterocycles. The van der Waals surface area contributed by atoms with E-state index in [0.29, 0.717) is 6.29 Å². The second-order valence-electron chi connectivity index (χ2n) is 8.30. The molecule has 1 aliphatic carbocycles. The number of rotatable bonds is 5. The van der Waals surface area contributed by atoms with Gasteiger partial charge in [0.25, 0.3) is 0 Å². The van der Waals surface area contributed by atoms with Gasteiger partial charge in [-0.25, -0.2) is 0 Å². The van der Waals surface area contributed by atoms with E-state index in [1.165, 1.54) is 6.42 Å². The van der Waals surface area contributed by atoms with Crippen molar-refractivity contribution in [2.75, 3.05) is 0 Å². The number of carbonyl (C=O) groups excluding carboxylic acids is 2. The average molecular weight is 381 g/mol. The fraction of sp³-hybridized carbons (Fsp3) is 0.478. The summed E-state index contributed by atoms with van der Waals surface area (Å²) in [5, 5.41) is 11.9. The van der Waals surface area contributed by atoms with Gasteiger partial charge in [0.15, 0.2) is 17.7 Å². The first-order valence-electron chi connectivity index (χ1n) is 10.1. The zero-order valence-corrected chi connectivity index (χ0v) is 16.5. The summed E-state index contributed by atoms with van der Waals surface area (Å²) in [5.74, 6) is -0.121. The number of ether oxygens (including phenoxy) is 1. The normalized spacial score (nSPS) is 26.1. The van der Waals surface area contributed by atoms with Crippen molar-refractivity contribution in [3.05, 3.63) is 47.4 Å². The highest BCUT2D eigenvalue weighted by Crippen LogP contribution is 2.42. The van der Waals surface area contributed by atoms with E-state index < -0.39 is 11.7 Å². The van der Waals surface area contributed by atoms with Gasteiger partial charge in [0, 0.05) is 30.6 Å². The van der Waals surface area contributed by atoms with Gasteiger partial charge in [-0.2, -0.15) is 0 Å². The molecule has 148 valence electrons. The molecule has 0 radical (unpaired) electrons. The van der Waals surface area contributed by atoms with Crippen LogP contribution in [0.1, 0.15) is 44.6 Å². The third-order valence-corrected chi connectivity index (χ3v) is 6.31. The van der Waals surface area contributed by atoms with Crippen LogP contribution in [0.25, 0.3) is 10.9 Å². The summed E-state index contributed by atoms with van der Waals surface area (Å²) in [7, 11) is 1.94. The van der Waals surface area contributed by atoms with Gasteiger partial charge in [-0.1, -0.05) is 37.5 Å². The Bertz CT molecular complexity index is 951. The molecule has 0 spiro atoms. The molecular formula is C23H27NO4. The van der Waals surface area contributed by atoms with E-state index >= 15 is 0 Å². The number of aryl methyl sites for hydroxylation is 1. The number of fused-ring (bicyclic) bond motifs is 1. The summed E-state index contributed by atoms with van der Waals surface area (Å²) in [5.41, 5.74) is 0.682. The number of Topliss-reactive ketones (excluding diaryl/α,β-unsaturated/α-hetero) is 1. The smallest absolute Gasteiger partial charge is 0.170 e. The molecule has 0 bridgehead atoms. The molecule has 1 aliphatic heterocycles. The Morgan fingerprint density at radius 3 is 2.71 bits per heavy atom. The number of nitrogens with zero attached hydrogens (tertiary/aromatic N) is 1. The highest BCUT2D eigenvalue weighted by molar-refractivity contribution is 6.05. The third kappa shape index (κ3) is 3.08. The van der Waals surface area contributed by atoms with E-state index in [9.17, 15) is 14.7 Å². The molecule has 2 atom stereocenters. The number of hydrogen-bond acceptors (Lipinski definition) is 4. The number of para-hydroxylation sites is 1. The molecule has 0 saturated heterocycles. The monoisotopic (exact) mass is 381 g/mol. The van der Waals surface area contributed by atoms with Gasteiger partial charge in [0.1, 0.15) is 11.9 Å². The zero-order chi connectivity index (χ0) is 19.9. The number of hydrogen-bond donors (Lipinski definition) is 1. The summed E-state index contributed by atoms with van der Waals surface area (Å²) >= 11 is 0. The topological polar surface area (TPSA) is 68.5 Å². The van der Waals surface area contributed by atoms with Gasteiger partial charge in [0.05, 0.1) is 5.57 Å². The van der Waals surface area contributed by atoms with E-state index in [4.69, 9.17) is 4.74 Å². The van der Waals surface area contributed by atoms with Gasteiger partial charge in [-0.3, -0.25) is 9.59 Å². The quantitative estimate of drug-likeness (QED) is 0.794. The van der Waals surface area contributed by atoms with Crippen molar-refractivity contribution < 1.29 is 19.4 Å². The first-order valence-corrected chi connectivity index (χ1v) is 10.1. The molecule has 5 heteroatoms. The number of aromatic nitrogens is 1. The Labute approximate surface area is 165 Å². The molecule has 28 heavy (non-hydrogen) atoms. The predicted molar refractivity (Wildman–Crippen MR) is 107 cm³/mol. The fourth-order valence-electron chi connectivity index (χ4n) is 4.87. The van der Waals surface area contributed by atoms with Crippen molar-refractivity contribution in [3.63, 3.8) is 0 Å². The highest BCUT2D eigenvalue weighted by Gasteiger charge is 2.49. The molecule has 2 aliphatic rings. The van der Waals surface area contributed by atoms with E-state index in [2.05, 4.69) is 0 Å². The van der Waals surface area contributed by atoms with Crippen LogP contribution in [0.5, 0.6) is 0 Å². The lowest BCUT2D eigenvalue weighted by atomic mass is 9.83. The molecular weight excluding hydrogens is 354 g/mol. The Hall–Kier alpha value is -2.40. The van der Waals surface area contributed by atoms with Gasteiger partial charge >= 0.3 is 0 Å². The van der Waals surface area contributed by atoms with Crippen LogP contribution in [0.2, 0.25) is 0 Å². The van der Waals surface area contributed by atoms with Crippen molar-refractivity contribution in [2.45, 2.75) is 57.2 Å². The fourth-order valence-corrected chi connectivity index (χ4v) is 4.87. The molecule has 1 aromatic carbocycles. The SMILES string of the molecule is Cn1cc(CC(=O)C2=C(O)C(C3CCCCC3)OC2(C)C=O)c2ccccc21. The van der Waals surface area contributed by atoms with Gasteiger partial charge < -0.3 is 14.4 Å². The Kier molecular flexibility index (Phi) is 4.88. The first-order chi connectivity index (χ1) is 13.4. The van der Waals surface area contributed by atoms with Crippen molar-refractivity contribution in [2.24, 2.45) is 13.0 Å². The lowest BCUT2D eigenvalue weighted by Crippen LogP contribution is -2.36. The summed E-state index contributed by atoms with van der Waals surface area (Å²) in [6.07, 6.45) is 7.44. The minimum Gasteiger partial charge on any atom is -0.509 e. The standard InChI is InChI=1S/C23H27NO4/c1-23(14-25)20(21(27)22(28-23)15-8-4-3-5-9-15)19(26)12-16-13-24(2)18-11-7-6-10-17(16)18/h6-7,10-11,13-15,22,27H,3-5,8-9,12H2,1-2H3. The lowest BCUT2D eigenvalue weighted by Gasteiger charge is -2.29. The number of aldehydes is 1. The zero-order valence-electron chi connectivity index (χ0n) is 16.5. The van der Waals surface area contributed by atoms with E-state index in [1.807, 2.05) is 42.1 Å². The summed E-state index contributed by atoms with van der Waals surface area (Å²) in [6.45, 7) is 1.59. The molecule has 1 aromatic heterocycles. The largest absolute Gasteiger partial charge is 0.509 e. The van der Waals surface area contributed by atoms with Gasteiger partial charge in [-0.15, -0.1) is 0 Å². The second-order valence-corrected chi connectivity index (χ2v) is 8.30. The lowest BCUT2D eigenvalue weighted by molar-refractivity contribution is -0.132. The van der Waals surface area contributed by atoms with Crippen LogP contribution >= 0.6 is 0 Å². The van der Waals surface area contributed by atoms with E-state index in [1.54, 1.807) is 6.92 Å². The van der Waals surface area contributed by atoms with Crippen LogP contribution in [0.15, 0.2) is 41.8 Å². The summed E-state index contributed by atoms with van der Waals surface area (Å²) in [4.78, 5) is 25.1. The van der Waals surface area contributed by atoms with E-state index in [0.717, 1.165) is 42.1 Å². The molecule has 0 amide bonds. The van der Waals surface area contributed by atoms with Gasteiger partial charge in [-0.05, 0) is 37.3 Å². The van der Waals surface area contributed by atoms with Crippen LogP contribution < -0.4 is 0 Å². The first kappa shape index (κ1) is 18.9. The molecule has 1 fully saturated rings. The Morgan fingerprint density at radius 2 is 2.00 bits per heavy atom. The second kappa shape index (κ2) is 7.21. The molecule has 5 nitrogen and oxygen atoms in total. The van der Waals surface area contributed by atoms with Crippen LogP contribution in [0, 0.1) is 5.92 Å². The maximum absolute atomic E-state index is 13.2. The van der Waals surface area contributed by atoms with E-state index in [-0.39, 0.29) is 29.5 Å². The number of benzene rings is 1. The maximum Gasteiger partial charge on any atom is 0.170 e. The average Bonchev–Trinajstić information content (AvgIpc) is 3.17. The number of ketones is 1. The van der Waals surface area contributed by atoms with Crippen LogP contribution in [0.3, 0.4) is 0 Å². The number of aliphatic hydroxyl groups excluding tert-OH is 1. The van der Waals surface area contributed by atoms with Crippen molar-refractivity contribution in [1.82, 2.24) is 4.57 Å².